The number of ether oxygens (including phenoxy) is 2. The van der Waals surface area contributed by atoms with Gasteiger partial charge >= 0.3 is 12.1 Å². The molecule has 4 atom stereocenters. The fourth-order valence-corrected chi connectivity index (χ4v) is 6.25. The number of hydrogen-bond donors (Lipinski definition) is 5. The summed E-state index contributed by atoms with van der Waals surface area (Å²) < 4.78 is 10.7. The molecule has 1 unspecified atom stereocenters. The number of rotatable bonds is 6. The SMILES string of the molecule is CC(C)[C@H]1NC(=O)[C@H]2CSSCC/C=C\C(CC(=O)N[C@H](CCCCNC(=O)OC(C)(C)C)C(=O)N2)OC(=O)CNC1=O. The van der Waals surface area contributed by atoms with Crippen molar-refractivity contribution < 1.29 is 38.2 Å². The molecule has 13 nitrogen and oxygen atoms in total. The summed E-state index contributed by atoms with van der Waals surface area (Å²) in [6, 6.07) is -2.94. The van der Waals surface area contributed by atoms with Crippen molar-refractivity contribution in [1.29, 1.82) is 0 Å². The van der Waals surface area contributed by atoms with Gasteiger partial charge in [-0.25, -0.2) is 4.79 Å². The van der Waals surface area contributed by atoms with E-state index in [1.54, 1.807) is 40.7 Å². The van der Waals surface area contributed by atoms with E-state index in [9.17, 15) is 28.8 Å². The van der Waals surface area contributed by atoms with Gasteiger partial charge in [-0.2, -0.15) is 0 Å². The van der Waals surface area contributed by atoms with Crippen LogP contribution in [0.2, 0.25) is 0 Å². The van der Waals surface area contributed by atoms with Gasteiger partial charge in [-0.3, -0.25) is 24.0 Å². The third kappa shape index (κ3) is 14.4. The fourth-order valence-electron chi connectivity index (χ4n) is 4.09. The highest BCUT2D eigenvalue weighted by Gasteiger charge is 2.32. The molecule has 1 fully saturated rings. The molecule has 0 saturated carbocycles. The highest BCUT2D eigenvalue weighted by Crippen LogP contribution is 2.24. The number of allylic oxidation sites excluding steroid dienone is 1. The Hall–Kier alpha value is -2.94. The van der Waals surface area contributed by atoms with E-state index in [1.165, 1.54) is 21.6 Å². The van der Waals surface area contributed by atoms with Gasteiger partial charge in [0.15, 0.2) is 0 Å². The van der Waals surface area contributed by atoms with Gasteiger partial charge in [-0.05, 0) is 58.4 Å². The number of unbranched alkanes of at least 4 members (excludes halogenated alkanes) is 1. The molecule has 5 N–H and O–H groups in total. The topological polar surface area (TPSA) is 181 Å². The minimum Gasteiger partial charge on any atom is -0.456 e. The van der Waals surface area contributed by atoms with Crippen LogP contribution in [0.25, 0.3) is 0 Å². The molecule has 0 aromatic rings. The van der Waals surface area contributed by atoms with Gasteiger partial charge in [0.25, 0.3) is 0 Å². The van der Waals surface area contributed by atoms with E-state index in [0.717, 1.165) is 0 Å². The van der Waals surface area contributed by atoms with Crippen LogP contribution >= 0.6 is 21.6 Å². The maximum atomic E-state index is 13.5. The number of fused-ring (bicyclic) bond motifs is 7. The van der Waals surface area contributed by atoms with Crippen molar-refractivity contribution in [2.75, 3.05) is 24.6 Å². The third-order valence-corrected chi connectivity index (χ3v) is 8.68. The Morgan fingerprint density at radius 3 is 2.49 bits per heavy atom. The van der Waals surface area contributed by atoms with Crippen molar-refractivity contribution in [2.45, 2.75) is 96.6 Å². The van der Waals surface area contributed by atoms with E-state index in [4.69, 9.17) is 9.47 Å². The van der Waals surface area contributed by atoms with Crippen LogP contribution in [0.3, 0.4) is 0 Å². The normalized spacial score (nSPS) is 25.8. The number of alkyl carbamates (subject to hydrolysis) is 1. The van der Waals surface area contributed by atoms with Crippen molar-refractivity contribution >= 4 is 57.3 Å². The van der Waals surface area contributed by atoms with Gasteiger partial charge in [0.05, 0.1) is 6.42 Å². The van der Waals surface area contributed by atoms with E-state index < -0.39 is 72.1 Å². The molecule has 15 heteroatoms. The Morgan fingerprint density at radius 2 is 1.79 bits per heavy atom. The molecular weight excluding hydrogens is 598 g/mol. The number of carbonyl (C=O) groups excluding carboxylic acids is 6. The van der Waals surface area contributed by atoms with E-state index >= 15 is 0 Å². The Labute approximate surface area is 260 Å². The van der Waals surface area contributed by atoms with Crippen LogP contribution in [-0.4, -0.2) is 90.1 Å². The Kier molecular flexibility index (Phi) is 15.2. The largest absolute Gasteiger partial charge is 0.456 e. The zero-order valence-corrected chi connectivity index (χ0v) is 27.1. The van der Waals surface area contributed by atoms with E-state index in [-0.39, 0.29) is 24.5 Å². The minimum absolute atomic E-state index is 0.223. The molecule has 0 spiro atoms. The smallest absolute Gasteiger partial charge is 0.407 e. The highest BCUT2D eigenvalue weighted by molar-refractivity contribution is 8.76. The molecule has 2 aliphatic rings. The third-order valence-electron chi connectivity index (χ3n) is 6.23. The maximum Gasteiger partial charge on any atom is 0.407 e. The Balaban J connectivity index is 2.27. The van der Waals surface area contributed by atoms with Crippen molar-refractivity contribution in [3.63, 3.8) is 0 Å². The summed E-state index contributed by atoms with van der Waals surface area (Å²) in [6.45, 7) is 8.67. The van der Waals surface area contributed by atoms with Gasteiger partial charge in [-0.15, -0.1) is 0 Å². The van der Waals surface area contributed by atoms with Crippen molar-refractivity contribution in [3.05, 3.63) is 12.2 Å². The van der Waals surface area contributed by atoms with Crippen LogP contribution in [-0.2, 0) is 33.4 Å². The summed E-state index contributed by atoms with van der Waals surface area (Å²) in [5.74, 6) is -2.34. The van der Waals surface area contributed by atoms with Gasteiger partial charge in [0.1, 0.15) is 36.4 Å². The predicted octanol–water partition coefficient (Wildman–Crippen LogP) is 1.56. The van der Waals surface area contributed by atoms with E-state index in [1.807, 2.05) is 6.08 Å². The molecule has 2 rings (SSSR count). The molecule has 0 aromatic carbocycles. The van der Waals surface area contributed by atoms with Crippen molar-refractivity contribution in [3.8, 4) is 0 Å². The first-order valence-corrected chi connectivity index (χ1v) is 17.0. The summed E-state index contributed by atoms with van der Waals surface area (Å²) in [6.07, 6.45) is 3.57. The summed E-state index contributed by atoms with van der Waals surface area (Å²) in [5, 5.41) is 13.4. The standard InChI is InChI=1S/C28H45N5O8S2/c1-17(2)23-26(38)30-15-22(35)40-18-10-7-9-13-42-43-16-20(25(37)33-23)32-24(36)19(31-21(34)14-18)11-6-8-12-29-27(39)41-28(3,4)5/h7,10,17-20,23H,6,8-9,11-16H2,1-5H3,(H,29,39)(H,30,38)(H,31,34)(H,32,36)(H,33,37)/b10-7-/t18?,19-,20-,23-/m1/s1. The first kappa shape index (κ1) is 36.3. The maximum absolute atomic E-state index is 13.5. The number of esters is 1. The molecule has 1 saturated heterocycles. The van der Waals surface area contributed by atoms with Gasteiger partial charge < -0.3 is 36.1 Å². The summed E-state index contributed by atoms with van der Waals surface area (Å²) in [5.41, 5.74) is -0.629. The molecule has 5 amide bonds. The van der Waals surface area contributed by atoms with Gasteiger partial charge in [-0.1, -0.05) is 41.5 Å². The van der Waals surface area contributed by atoms with Crippen LogP contribution in [0.4, 0.5) is 4.79 Å². The fraction of sp³-hybridized carbons (Fsp3) is 0.714. The monoisotopic (exact) mass is 643 g/mol. The molecule has 2 bridgehead atoms. The quantitative estimate of drug-likeness (QED) is 0.123. The second kappa shape index (κ2) is 18.0. The minimum atomic E-state index is -0.996. The Bertz CT molecular complexity index is 1030. The summed E-state index contributed by atoms with van der Waals surface area (Å²) >= 11 is 0. The second-order valence-corrected chi connectivity index (χ2v) is 14.2. The first-order valence-electron chi connectivity index (χ1n) is 14.5. The van der Waals surface area contributed by atoms with Crippen LogP contribution in [0.15, 0.2) is 12.2 Å². The first-order chi connectivity index (χ1) is 20.2. The Morgan fingerprint density at radius 1 is 1.05 bits per heavy atom. The average molecular weight is 644 g/mol. The molecule has 0 radical (unpaired) electrons. The zero-order valence-electron chi connectivity index (χ0n) is 25.5. The van der Waals surface area contributed by atoms with E-state index in [2.05, 4.69) is 26.6 Å². The number of carbonyl (C=O) groups is 6. The lowest BCUT2D eigenvalue weighted by Crippen LogP contribution is -2.59. The number of hydrogen-bond acceptors (Lipinski definition) is 10. The second-order valence-electron chi connectivity index (χ2n) is 11.6. The van der Waals surface area contributed by atoms with Gasteiger partial charge in [0.2, 0.25) is 23.6 Å². The average Bonchev–Trinajstić information content (AvgIpc) is 2.90. The molecule has 2 aliphatic heterocycles. The highest BCUT2D eigenvalue weighted by atomic mass is 33.1. The predicted molar refractivity (Wildman–Crippen MR) is 165 cm³/mol. The van der Waals surface area contributed by atoms with Crippen molar-refractivity contribution in [1.82, 2.24) is 26.6 Å². The lowest BCUT2D eigenvalue weighted by atomic mass is 10.0. The zero-order chi connectivity index (χ0) is 32.0. The van der Waals surface area contributed by atoms with Gasteiger partial charge in [0, 0.05) is 18.1 Å². The summed E-state index contributed by atoms with van der Waals surface area (Å²) in [4.78, 5) is 77.3. The molecular formula is C28H45N5O8S2. The lowest BCUT2D eigenvalue weighted by molar-refractivity contribution is -0.148. The van der Waals surface area contributed by atoms with Crippen LogP contribution in [0, 0.1) is 5.92 Å². The summed E-state index contributed by atoms with van der Waals surface area (Å²) in [7, 11) is 2.92. The molecule has 2 heterocycles. The van der Waals surface area contributed by atoms with Crippen LogP contribution in [0.1, 0.15) is 66.7 Å². The molecule has 0 aliphatic carbocycles. The van der Waals surface area contributed by atoms with Crippen LogP contribution < -0.4 is 26.6 Å². The van der Waals surface area contributed by atoms with E-state index in [0.29, 0.717) is 31.6 Å². The molecule has 0 aromatic heterocycles. The van der Waals surface area contributed by atoms with Crippen LogP contribution in [0.5, 0.6) is 0 Å². The number of amides is 5. The van der Waals surface area contributed by atoms with Crippen molar-refractivity contribution in [2.24, 2.45) is 5.92 Å². The lowest BCUT2D eigenvalue weighted by Gasteiger charge is -2.27. The molecule has 242 valence electrons. The molecule has 43 heavy (non-hydrogen) atoms. The number of nitrogens with one attached hydrogen (secondary N) is 5.